The highest BCUT2D eigenvalue weighted by atomic mass is 16.1. The molecule has 0 saturated carbocycles. The summed E-state index contributed by atoms with van der Waals surface area (Å²) in [6.45, 7) is 3.38. The predicted octanol–water partition coefficient (Wildman–Crippen LogP) is 1.39. The fourth-order valence-corrected chi connectivity index (χ4v) is 3.54. The maximum Gasteiger partial charge on any atom is 0.252 e. The largest absolute Gasteiger partial charge is 0.348 e. The summed E-state index contributed by atoms with van der Waals surface area (Å²) in [4.78, 5) is 15.0. The average Bonchev–Trinajstić information content (AvgIpc) is 2.96. The van der Waals surface area contributed by atoms with Gasteiger partial charge in [0.05, 0.1) is 17.3 Å². The maximum absolute atomic E-state index is 12.5. The number of H-pyrrole nitrogens is 1. The molecule has 5 rings (SSSR count). The number of carbonyl (C=O) groups is 1. The Hall–Kier alpha value is -1.88. The monoisotopic (exact) mass is 270 g/mol. The van der Waals surface area contributed by atoms with E-state index in [1.54, 1.807) is 6.20 Å². The Bertz CT molecular complexity index is 642. The van der Waals surface area contributed by atoms with Crippen LogP contribution in [0.15, 0.2) is 24.4 Å². The van der Waals surface area contributed by atoms with Crippen LogP contribution < -0.4 is 5.32 Å². The number of fused-ring (bicyclic) bond motifs is 4. The highest BCUT2D eigenvalue weighted by Gasteiger charge is 2.35. The van der Waals surface area contributed by atoms with Crippen molar-refractivity contribution < 1.29 is 4.79 Å². The molecule has 3 aliphatic heterocycles. The molecular weight excluding hydrogens is 252 g/mol. The molecule has 5 heteroatoms. The van der Waals surface area contributed by atoms with Crippen molar-refractivity contribution in [2.24, 2.45) is 5.92 Å². The van der Waals surface area contributed by atoms with E-state index in [2.05, 4.69) is 20.4 Å². The van der Waals surface area contributed by atoms with Crippen LogP contribution in [0.25, 0.3) is 10.9 Å². The number of piperidine rings is 3. The first-order chi connectivity index (χ1) is 9.81. The summed E-state index contributed by atoms with van der Waals surface area (Å²) in [7, 11) is 0. The normalized spacial score (nSPS) is 28.7. The third-order valence-electron chi connectivity index (χ3n) is 4.70. The molecule has 3 aliphatic rings. The lowest BCUT2D eigenvalue weighted by molar-refractivity contribution is 0.0621. The van der Waals surface area contributed by atoms with Crippen molar-refractivity contribution in [1.29, 1.82) is 0 Å². The second-order valence-corrected chi connectivity index (χ2v) is 5.85. The van der Waals surface area contributed by atoms with Gasteiger partial charge < -0.3 is 10.2 Å². The lowest BCUT2D eigenvalue weighted by Gasteiger charge is -2.44. The van der Waals surface area contributed by atoms with E-state index >= 15 is 0 Å². The second kappa shape index (κ2) is 4.59. The van der Waals surface area contributed by atoms with Gasteiger partial charge in [-0.2, -0.15) is 5.10 Å². The zero-order valence-electron chi connectivity index (χ0n) is 11.3. The SMILES string of the molecule is O=C(N[C@H]1CN2CCC1CC2)c1cccc2[nH]ncc12. The highest BCUT2D eigenvalue weighted by Crippen LogP contribution is 2.28. The fraction of sp³-hybridized carbons (Fsp3) is 0.467. The average molecular weight is 270 g/mol. The number of benzene rings is 1. The first-order valence-corrected chi connectivity index (χ1v) is 7.26. The number of hydrogen-bond acceptors (Lipinski definition) is 3. The summed E-state index contributed by atoms with van der Waals surface area (Å²) in [6.07, 6.45) is 4.14. The van der Waals surface area contributed by atoms with Crippen molar-refractivity contribution in [3.8, 4) is 0 Å². The van der Waals surface area contributed by atoms with E-state index < -0.39 is 0 Å². The van der Waals surface area contributed by atoms with Gasteiger partial charge in [-0.1, -0.05) is 6.07 Å². The van der Waals surface area contributed by atoms with E-state index in [0.717, 1.165) is 17.4 Å². The van der Waals surface area contributed by atoms with Gasteiger partial charge in [0.1, 0.15) is 0 Å². The van der Waals surface area contributed by atoms with Gasteiger partial charge in [0.2, 0.25) is 0 Å². The van der Waals surface area contributed by atoms with Crippen molar-refractivity contribution in [3.05, 3.63) is 30.0 Å². The number of hydrogen-bond donors (Lipinski definition) is 2. The van der Waals surface area contributed by atoms with Crippen LogP contribution in [-0.2, 0) is 0 Å². The van der Waals surface area contributed by atoms with Crippen LogP contribution in [0.5, 0.6) is 0 Å². The molecule has 3 saturated heterocycles. The molecule has 0 unspecified atom stereocenters. The van der Waals surface area contributed by atoms with E-state index in [0.29, 0.717) is 17.5 Å². The molecule has 1 aromatic heterocycles. The Morgan fingerprint density at radius 1 is 1.35 bits per heavy atom. The number of aromatic amines is 1. The molecule has 2 aromatic rings. The number of aromatic nitrogens is 2. The number of nitrogens with one attached hydrogen (secondary N) is 2. The van der Waals surface area contributed by atoms with Crippen molar-refractivity contribution in [3.63, 3.8) is 0 Å². The van der Waals surface area contributed by atoms with Gasteiger partial charge in [-0.15, -0.1) is 0 Å². The van der Waals surface area contributed by atoms with Crippen LogP contribution in [0.4, 0.5) is 0 Å². The fourth-order valence-electron chi connectivity index (χ4n) is 3.54. The number of nitrogens with zero attached hydrogens (tertiary/aromatic N) is 2. The Morgan fingerprint density at radius 3 is 2.95 bits per heavy atom. The van der Waals surface area contributed by atoms with Crippen LogP contribution in [-0.4, -0.2) is 46.7 Å². The molecule has 5 nitrogen and oxygen atoms in total. The van der Waals surface area contributed by atoms with Gasteiger partial charge in [-0.05, 0) is 44.0 Å². The first-order valence-electron chi connectivity index (χ1n) is 7.26. The van der Waals surface area contributed by atoms with Gasteiger partial charge in [-0.25, -0.2) is 0 Å². The standard InChI is InChI=1S/C15H18N4O/c20-15(11-2-1-3-13-12(11)8-16-18-13)17-14-9-19-6-4-10(14)5-7-19/h1-3,8,10,14H,4-7,9H2,(H,16,18)(H,17,20)/t14-/m0/s1. The molecule has 2 N–H and O–H groups in total. The minimum atomic E-state index is 0.0238. The maximum atomic E-state index is 12.5. The Balaban J connectivity index is 1.57. The van der Waals surface area contributed by atoms with E-state index in [4.69, 9.17) is 0 Å². The van der Waals surface area contributed by atoms with Crippen molar-refractivity contribution in [2.75, 3.05) is 19.6 Å². The van der Waals surface area contributed by atoms with Gasteiger partial charge in [-0.3, -0.25) is 9.89 Å². The Kier molecular flexibility index (Phi) is 2.73. The van der Waals surface area contributed by atoms with Crippen molar-refractivity contribution in [1.82, 2.24) is 20.4 Å². The predicted molar refractivity (Wildman–Crippen MR) is 76.5 cm³/mol. The van der Waals surface area contributed by atoms with E-state index in [1.165, 1.54) is 25.9 Å². The van der Waals surface area contributed by atoms with Crippen LogP contribution in [0.3, 0.4) is 0 Å². The Morgan fingerprint density at radius 2 is 2.20 bits per heavy atom. The summed E-state index contributed by atoms with van der Waals surface area (Å²) in [5.41, 5.74) is 1.62. The number of carbonyl (C=O) groups excluding carboxylic acids is 1. The summed E-state index contributed by atoms with van der Waals surface area (Å²) >= 11 is 0. The molecule has 3 fully saturated rings. The topological polar surface area (TPSA) is 61.0 Å². The summed E-state index contributed by atoms with van der Waals surface area (Å²) in [5, 5.41) is 11.0. The minimum Gasteiger partial charge on any atom is -0.348 e. The third kappa shape index (κ3) is 1.89. The lowest BCUT2D eigenvalue weighted by Crippen LogP contribution is -2.57. The van der Waals surface area contributed by atoms with Gasteiger partial charge in [0, 0.05) is 18.0 Å². The molecule has 2 bridgehead atoms. The molecule has 0 radical (unpaired) electrons. The van der Waals surface area contributed by atoms with E-state index in [1.807, 2.05) is 18.2 Å². The zero-order valence-corrected chi connectivity index (χ0v) is 11.3. The molecule has 1 aromatic carbocycles. The molecule has 20 heavy (non-hydrogen) atoms. The highest BCUT2D eigenvalue weighted by molar-refractivity contribution is 6.06. The summed E-state index contributed by atoms with van der Waals surface area (Å²) in [5.74, 6) is 0.670. The molecule has 1 atom stereocenters. The Labute approximate surface area is 117 Å². The lowest BCUT2D eigenvalue weighted by atomic mass is 9.84. The smallest absolute Gasteiger partial charge is 0.252 e. The third-order valence-corrected chi connectivity index (χ3v) is 4.70. The zero-order chi connectivity index (χ0) is 13.5. The van der Waals surface area contributed by atoms with E-state index in [-0.39, 0.29) is 5.91 Å². The molecule has 1 amide bonds. The van der Waals surface area contributed by atoms with Gasteiger partial charge >= 0.3 is 0 Å². The van der Waals surface area contributed by atoms with Crippen molar-refractivity contribution >= 4 is 16.8 Å². The van der Waals surface area contributed by atoms with Crippen LogP contribution in [0.1, 0.15) is 23.2 Å². The van der Waals surface area contributed by atoms with Crippen LogP contribution in [0.2, 0.25) is 0 Å². The number of amides is 1. The molecular formula is C15H18N4O. The molecule has 0 spiro atoms. The van der Waals surface area contributed by atoms with Gasteiger partial charge in [0.15, 0.2) is 0 Å². The molecule has 0 aliphatic carbocycles. The second-order valence-electron chi connectivity index (χ2n) is 5.85. The van der Waals surface area contributed by atoms with Crippen molar-refractivity contribution in [2.45, 2.75) is 18.9 Å². The molecule has 104 valence electrons. The van der Waals surface area contributed by atoms with E-state index in [9.17, 15) is 4.79 Å². The van der Waals surface area contributed by atoms with Crippen LogP contribution in [0, 0.1) is 5.92 Å². The first kappa shape index (κ1) is 11.9. The molecule has 4 heterocycles. The summed E-state index contributed by atoms with van der Waals surface area (Å²) < 4.78 is 0. The van der Waals surface area contributed by atoms with Gasteiger partial charge in [0.25, 0.3) is 5.91 Å². The summed E-state index contributed by atoms with van der Waals surface area (Å²) in [6, 6.07) is 6.00. The van der Waals surface area contributed by atoms with Crippen LogP contribution >= 0.6 is 0 Å². The minimum absolute atomic E-state index is 0.0238. The number of rotatable bonds is 2. The quantitative estimate of drug-likeness (QED) is 0.867.